The second kappa shape index (κ2) is 9.91. The number of esters is 1. The van der Waals surface area contributed by atoms with Crippen molar-refractivity contribution in [2.45, 2.75) is 39.8 Å². The lowest BCUT2D eigenvalue weighted by atomic mass is 10.1. The second-order valence-electron chi connectivity index (χ2n) is 5.55. The summed E-state index contributed by atoms with van der Waals surface area (Å²) < 4.78 is 15.5. The maximum Gasteiger partial charge on any atom is 0.375 e. The average molecular weight is 334 g/mol. The van der Waals surface area contributed by atoms with Crippen molar-refractivity contribution >= 4 is 5.97 Å². The highest BCUT2D eigenvalue weighted by atomic mass is 16.5. The summed E-state index contributed by atoms with van der Waals surface area (Å²) in [6, 6.07) is 0. The molecule has 0 saturated heterocycles. The molecule has 1 aromatic rings. The van der Waals surface area contributed by atoms with Crippen molar-refractivity contribution in [2.24, 2.45) is 0 Å². The van der Waals surface area contributed by atoms with Crippen LogP contribution in [0.5, 0.6) is 0 Å². The molecular formula is C18H26N2O4. The third-order valence-electron chi connectivity index (χ3n) is 3.28. The van der Waals surface area contributed by atoms with Gasteiger partial charge >= 0.3 is 5.97 Å². The van der Waals surface area contributed by atoms with Gasteiger partial charge in [0.05, 0.1) is 19.3 Å². The molecule has 0 atom stereocenters. The van der Waals surface area contributed by atoms with Gasteiger partial charge in [-0.3, -0.25) is 4.90 Å². The first kappa shape index (κ1) is 19.9. The molecule has 0 fully saturated rings. The van der Waals surface area contributed by atoms with Crippen molar-refractivity contribution in [2.75, 3.05) is 26.8 Å². The monoisotopic (exact) mass is 334 g/mol. The predicted octanol–water partition coefficient (Wildman–Crippen LogP) is 2.66. The van der Waals surface area contributed by atoms with E-state index in [9.17, 15) is 4.79 Å². The number of carbonyl (C=O) groups excluding carboxylic acids is 1. The van der Waals surface area contributed by atoms with E-state index in [1.807, 2.05) is 32.9 Å². The van der Waals surface area contributed by atoms with Gasteiger partial charge in [0.15, 0.2) is 0 Å². The molecule has 6 heteroatoms. The van der Waals surface area contributed by atoms with Crippen LogP contribution >= 0.6 is 0 Å². The van der Waals surface area contributed by atoms with E-state index in [0.717, 1.165) is 6.54 Å². The Morgan fingerprint density at radius 2 is 2.21 bits per heavy atom. The fourth-order valence-corrected chi connectivity index (χ4v) is 1.70. The number of methoxy groups -OCH3 is 1. The fraction of sp³-hybridized carbons (Fsp3) is 0.556. The van der Waals surface area contributed by atoms with Gasteiger partial charge in [-0.2, -0.15) is 0 Å². The number of carbonyl (C=O) groups is 1. The summed E-state index contributed by atoms with van der Waals surface area (Å²) >= 11 is 0. The molecule has 0 N–H and O–H groups in total. The molecule has 24 heavy (non-hydrogen) atoms. The Morgan fingerprint density at radius 3 is 2.83 bits per heavy atom. The van der Waals surface area contributed by atoms with Gasteiger partial charge in [-0.1, -0.05) is 24.8 Å². The summed E-state index contributed by atoms with van der Waals surface area (Å²) in [5, 5.41) is 0. The van der Waals surface area contributed by atoms with Gasteiger partial charge in [-0.05, 0) is 33.4 Å². The first-order chi connectivity index (χ1) is 11.4. The third-order valence-corrected chi connectivity index (χ3v) is 3.28. The number of hydrogen-bond donors (Lipinski definition) is 0. The second-order valence-corrected chi connectivity index (χ2v) is 5.55. The van der Waals surface area contributed by atoms with E-state index >= 15 is 0 Å². The fourth-order valence-electron chi connectivity index (χ4n) is 1.70. The molecular weight excluding hydrogens is 308 g/mol. The van der Waals surface area contributed by atoms with Crippen LogP contribution in [0.3, 0.4) is 0 Å². The van der Waals surface area contributed by atoms with Crippen molar-refractivity contribution in [1.29, 1.82) is 0 Å². The quantitative estimate of drug-likeness (QED) is 0.538. The molecule has 1 rings (SSSR count). The largest absolute Gasteiger partial charge is 0.460 e. The summed E-state index contributed by atoms with van der Waals surface area (Å²) in [5.41, 5.74) is -0.448. The van der Waals surface area contributed by atoms with Crippen molar-refractivity contribution < 1.29 is 18.7 Å². The molecule has 0 saturated carbocycles. The molecule has 0 spiro atoms. The minimum absolute atomic E-state index is 0.131. The van der Waals surface area contributed by atoms with Crippen LogP contribution in [-0.4, -0.2) is 48.3 Å². The van der Waals surface area contributed by atoms with Gasteiger partial charge in [-0.15, -0.1) is 0 Å². The van der Waals surface area contributed by atoms with Crippen molar-refractivity contribution in [3.8, 4) is 11.8 Å². The normalized spacial score (nSPS) is 11.6. The van der Waals surface area contributed by atoms with Gasteiger partial charge in [0.2, 0.25) is 11.7 Å². The highest BCUT2D eigenvalue weighted by molar-refractivity contribution is 5.85. The predicted molar refractivity (Wildman–Crippen MR) is 91.4 cm³/mol. The zero-order valence-corrected chi connectivity index (χ0v) is 15.1. The van der Waals surface area contributed by atoms with Crippen LogP contribution in [0.4, 0.5) is 0 Å². The van der Waals surface area contributed by atoms with Crippen LogP contribution in [0.15, 0.2) is 22.8 Å². The smallest absolute Gasteiger partial charge is 0.375 e. The molecule has 1 aromatic heterocycles. The minimum atomic E-state index is -0.491. The van der Waals surface area contributed by atoms with E-state index in [1.54, 1.807) is 14.0 Å². The summed E-state index contributed by atoms with van der Waals surface area (Å²) in [4.78, 5) is 17.8. The lowest BCUT2D eigenvalue weighted by Crippen LogP contribution is -2.23. The highest BCUT2D eigenvalue weighted by Crippen LogP contribution is 2.08. The van der Waals surface area contributed by atoms with Crippen LogP contribution in [0, 0.1) is 11.8 Å². The van der Waals surface area contributed by atoms with Gasteiger partial charge < -0.3 is 13.9 Å². The Balaban J connectivity index is 2.55. The molecule has 0 aliphatic carbocycles. The summed E-state index contributed by atoms with van der Waals surface area (Å²) in [6.07, 6.45) is 5.18. The Kier molecular flexibility index (Phi) is 8.24. The van der Waals surface area contributed by atoms with Crippen LogP contribution in [0.1, 0.15) is 44.1 Å². The molecule has 0 aliphatic heterocycles. The molecule has 0 unspecified atom stereocenters. The number of likely N-dealkylation sites (N-methyl/N-ethyl adjacent to an activating group) is 1. The van der Waals surface area contributed by atoms with Gasteiger partial charge in [0, 0.05) is 13.7 Å². The SMILES string of the molecule is CCOC(=O)c1cnc(CN(CC)CC=CC#CC(C)(C)OC)o1. The Labute approximate surface area is 143 Å². The molecule has 0 amide bonds. The van der Waals surface area contributed by atoms with Gasteiger partial charge in [-0.25, -0.2) is 9.78 Å². The molecule has 0 bridgehead atoms. The summed E-state index contributed by atoms with van der Waals surface area (Å²) in [5.74, 6) is 6.11. The van der Waals surface area contributed by atoms with E-state index in [-0.39, 0.29) is 5.76 Å². The number of rotatable bonds is 8. The Bertz CT molecular complexity index is 608. The first-order valence-corrected chi connectivity index (χ1v) is 7.98. The zero-order chi connectivity index (χ0) is 18.0. The molecule has 132 valence electrons. The number of oxazole rings is 1. The Morgan fingerprint density at radius 1 is 1.46 bits per heavy atom. The summed E-state index contributed by atoms with van der Waals surface area (Å²) in [6.45, 7) is 9.96. The van der Waals surface area contributed by atoms with Crippen LogP contribution in [0.2, 0.25) is 0 Å². The van der Waals surface area contributed by atoms with Crippen LogP contribution in [-0.2, 0) is 16.0 Å². The lowest BCUT2D eigenvalue weighted by Gasteiger charge is -2.15. The summed E-state index contributed by atoms with van der Waals surface area (Å²) in [7, 11) is 1.64. The lowest BCUT2D eigenvalue weighted by molar-refractivity contribution is 0.0486. The van der Waals surface area contributed by atoms with Crippen LogP contribution in [0.25, 0.3) is 0 Å². The van der Waals surface area contributed by atoms with Crippen molar-refractivity contribution in [1.82, 2.24) is 9.88 Å². The highest BCUT2D eigenvalue weighted by Gasteiger charge is 2.14. The van der Waals surface area contributed by atoms with Gasteiger partial charge in [0.25, 0.3) is 0 Å². The van der Waals surface area contributed by atoms with E-state index in [0.29, 0.717) is 25.6 Å². The van der Waals surface area contributed by atoms with Crippen LogP contribution < -0.4 is 0 Å². The number of allylic oxidation sites excluding steroid dienone is 1. The topological polar surface area (TPSA) is 64.8 Å². The van der Waals surface area contributed by atoms with E-state index < -0.39 is 11.6 Å². The van der Waals surface area contributed by atoms with Gasteiger partial charge in [0.1, 0.15) is 5.60 Å². The third kappa shape index (κ3) is 6.99. The number of aromatic nitrogens is 1. The average Bonchev–Trinajstić information content (AvgIpc) is 3.02. The minimum Gasteiger partial charge on any atom is -0.460 e. The first-order valence-electron chi connectivity index (χ1n) is 7.98. The molecule has 6 nitrogen and oxygen atoms in total. The maximum absolute atomic E-state index is 11.6. The zero-order valence-electron chi connectivity index (χ0n) is 15.1. The Hall–Kier alpha value is -2.10. The van der Waals surface area contributed by atoms with E-state index in [2.05, 4.69) is 21.7 Å². The van der Waals surface area contributed by atoms with E-state index in [4.69, 9.17) is 13.9 Å². The van der Waals surface area contributed by atoms with E-state index in [1.165, 1.54) is 6.20 Å². The maximum atomic E-state index is 11.6. The standard InChI is InChI=1S/C18H26N2O4/c1-6-20(12-10-8-9-11-18(3,4)22-5)14-16-19-13-15(24-16)17(21)23-7-2/h8,10,13H,6-7,12,14H2,1-5H3. The molecule has 0 aromatic carbocycles. The van der Waals surface area contributed by atoms with Crippen molar-refractivity contribution in [3.63, 3.8) is 0 Å². The number of hydrogen-bond acceptors (Lipinski definition) is 6. The molecule has 0 radical (unpaired) electrons. The molecule has 1 heterocycles. The van der Waals surface area contributed by atoms with Crippen molar-refractivity contribution in [3.05, 3.63) is 30.0 Å². The number of ether oxygens (including phenoxy) is 2. The molecule has 0 aliphatic rings. The number of nitrogens with zero attached hydrogens (tertiary/aromatic N) is 2.